The molecule has 126 valence electrons. The van der Waals surface area contributed by atoms with E-state index in [-0.39, 0.29) is 0 Å². The highest BCUT2D eigenvalue weighted by atomic mass is 32.2. The van der Waals surface area contributed by atoms with Crippen molar-refractivity contribution in [3.8, 4) is 11.1 Å². The molecule has 1 aliphatic rings. The minimum atomic E-state index is -1.40. The van der Waals surface area contributed by atoms with E-state index in [0.717, 1.165) is 47.3 Å². The van der Waals surface area contributed by atoms with Crippen LogP contribution in [0.15, 0.2) is 24.4 Å². The van der Waals surface area contributed by atoms with Crippen molar-refractivity contribution in [1.82, 2.24) is 9.71 Å². The molecule has 0 saturated heterocycles. The Bertz CT molecular complexity index is 833. The summed E-state index contributed by atoms with van der Waals surface area (Å²) in [5, 5.41) is 2.94. The van der Waals surface area contributed by atoms with Crippen LogP contribution < -0.4 is 10.0 Å². The van der Waals surface area contributed by atoms with E-state index in [1.807, 2.05) is 19.1 Å². The number of aromatic nitrogens is 1. The van der Waals surface area contributed by atoms with Crippen molar-refractivity contribution >= 4 is 22.7 Å². The maximum Gasteiger partial charge on any atom is 0.331 e. The molecule has 0 saturated carbocycles. The molecule has 0 fully saturated rings. The molecule has 0 radical (unpaired) electrons. The Hall–Kier alpha value is -2.21. The van der Waals surface area contributed by atoms with Gasteiger partial charge in [-0.25, -0.2) is 9.00 Å². The van der Waals surface area contributed by atoms with Crippen LogP contribution in [0, 0.1) is 13.8 Å². The summed E-state index contributed by atoms with van der Waals surface area (Å²) >= 11 is 0. The van der Waals surface area contributed by atoms with Crippen LogP contribution in [0.2, 0.25) is 0 Å². The van der Waals surface area contributed by atoms with Crippen LogP contribution in [0.1, 0.15) is 28.8 Å². The summed E-state index contributed by atoms with van der Waals surface area (Å²) in [7, 11) is -1.40. The van der Waals surface area contributed by atoms with Crippen LogP contribution in [0.4, 0.5) is 10.5 Å². The van der Waals surface area contributed by atoms with E-state index in [1.54, 1.807) is 6.20 Å². The number of benzene rings is 1. The largest absolute Gasteiger partial charge is 0.331 e. The van der Waals surface area contributed by atoms with Crippen molar-refractivity contribution < 1.29 is 9.00 Å². The molecule has 1 atom stereocenters. The molecule has 0 aliphatic heterocycles. The molecule has 1 unspecified atom stereocenters. The number of aryl methyl sites for hydroxylation is 3. The van der Waals surface area contributed by atoms with Crippen LogP contribution in [-0.2, 0) is 23.8 Å². The average molecular weight is 343 g/mol. The molecule has 0 spiro atoms. The molecule has 1 heterocycles. The van der Waals surface area contributed by atoms with Crippen LogP contribution in [-0.4, -0.2) is 21.5 Å². The number of nitrogens with zero attached hydrogens (tertiary/aromatic N) is 1. The van der Waals surface area contributed by atoms with Gasteiger partial charge in [-0.1, -0.05) is 6.07 Å². The molecule has 24 heavy (non-hydrogen) atoms. The monoisotopic (exact) mass is 343 g/mol. The van der Waals surface area contributed by atoms with Crippen molar-refractivity contribution in [2.45, 2.75) is 33.1 Å². The fourth-order valence-electron chi connectivity index (χ4n) is 3.37. The Morgan fingerprint density at radius 1 is 1.25 bits per heavy atom. The fraction of sp³-hybridized carbons (Fsp3) is 0.333. The van der Waals surface area contributed by atoms with E-state index in [1.165, 1.54) is 17.4 Å². The summed E-state index contributed by atoms with van der Waals surface area (Å²) in [6.45, 7) is 4.01. The SMILES string of the molecule is Cc1cc(-c2c(C)cc3c(c2NC(=O)NS(C)=O)CCC3)ccn1. The summed E-state index contributed by atoms with van der Waals surface area (Å²) in [4.78, 5) is 16.4. The second-order valence-corrected chi connectivity index (χ2v) is 7.24. The van der Waals surface area contributed by atoms with Crippen molar-refractivity contribution in [3.05, 3.63) is 46.8 Å². The molecule has 5 nitrogen and oxygen atoms in total. The normalized spacial score (nSPS) is 14.1. The Labute approximate surface area is 144 Å². The van der Waals surface area contributed by atoms with Gasteiger partial charge in [-0.05, 0) is 67.5 Å². The van der Waals surface area contributed by atoms with E-state index < -0.39 is 17.0 Å². The molecule has 3 rings (SSSR count). The van der Waals surface area contributed by atoms with Crippen LogP contribution >= 0.6 is 0 Å². The highest BCUT2D eigenvalue weighted by molar-refractivity contribution is 7.82. The third-order valence-electron chi connectivity index (χ3n) is 4.26. The molecular formula is C18H21N3O2S. The summed E-state index contributed by atoms with van der Waals surface area (Å²) in [5.41, 5.74) is 7.39. The van der Waals surface area contributed by atoms with Crippen LogP contribution in [0.3, 0.4) is 0 Å². The van der Waals surface area contributed by atoms with Gasteiger partial charge in [0.1, 0.15) is 11.0 Å². The Balaban J connectivity index is 2.13. The molecule has 1 aromatic carbocycles. The zero-order valence-corrected chi connectivity index (χ0v) is 14.9. The number of amides is 2. The van der Waals surface area contributed by atoms with Gasteiger partial charge in [-0.15, -0.1) is 0 Å². The number of nitrogens with one attached hydrogen (secondary N) is 2. The van der Waals surface area contributed by atoms with Gasteiger partial charge in [0.2, 0.25) is 0 Å². The maximum absolute atomic E-state index is 12.2. The molecule has 1 aromatic heterocycles. The summed E-state index contributed by atoms with van der Waals surface area (Å²) in [5.74, 6) is 0. The number of hydrogen-bond acceptors (Lipinski definition) is 3. The van der Waals surface area contributed by atoms with E-state index in [0.29, 0.717) is 0 Å². The lowest BCUT2D eigenvalue weighted by atomic mass is 9.93. The number of fused-ring (bicyclic) bond motifs is 1. The lowest BCUT2D eigenvalue weighted by Gasteiger charge is -2.19. The number of pyridine rings is 1. The fourth-order valence-corrected chi connectivity index (χ4v) is 3.69. The van der Waals surface area contributed by atoms with Crippen molar-refractivity contribution in [1.29, 1.82) is 0 Å². The van der Waals surface area contributed by atoms with E-state index in [2.05, 4.69) is 28.0 Å². The van der Waals surface area contributed by atoms with Crippen molar-refractivity contribution in [2.24, 2.45) is 0 Å². The maximum atomic E-state index is 12.2. The third kappa shape index (κ3) is 3.33. The quantitative estimate of drug-likeness (QED) is 0.898. The lowest BCUT2D eigenvalue weighted by Crippen LogP contribution is -2.30. The number of rotatable bonds is 3. The van der Waals surface area contributed by atoms with E-state index >= 15 is 0 Å². The van der Waals surface area contributed by atoms with Crippen molar-refractivity contribution in [2.75, 3.05) is 11.6 Å². The summed E-state index contributed by atoms with van der Waals surface area (Å²) in [6.07, 6.45) is 6.28. The molecule has 6 heteroatoms. The molecule has 1 aliphatic carbocycles. The average Bonchev–Trinajstić information content (AvgIpc) is 2.94. The van der Waals surface area contributed by atoms with Gasteiger partial charge < -0.3 is 5.32 Å². The highest BCUT2D eigenvalue weighted by Crippen LogP contribution is 2.40. The zero-order valence-electron chi connectivity index (χ0n) is 14.1. The van der Waals surface area contributed by atoms with Gasteiger partial charge in [0.15, 0.2) is 0 Å². The molecular weight excluding hydrogens is 322 g/mol. The number of urea groups is 1. The van der Waals surface area contributed by atoms with Crippen LogP contribution in [0.25, 0.3) is 11.1 Å². The summed E-state index contributed by atoms with van der Waals surface area (Å²) < 4.78 is 13.7. The standard InChI is InChI=1S/C18H21N3O2S/c1-11-9-13-5-4-6-15(13)17(20-18(22)21-24(3)23)16(11)14-7-8-19-12(2)10-14/h7-10H,4-6H2,1-3H3,(H2,20,21,22). The smallest absolute Gasteiger partial charge is 0.306 e. The van der Waals surface area contributed by atoms with E-state index in [9.17, 15) is 9.00 Å². The Morgan fingerprint density at radius 2 is 2.04 bits per heavy atom. The number of carbonyl (C=O) groups is 1. The Kier molecular flexibility index (Phi) is 4.66. The van der Waals surface area contributed by atoms with Gasteiger partial charge in [-0.2, -0.15) is 0 Å². The first-order valence-corrected chi connectivity index (χ1v) is 9.51. The molecule has 2 N–H and O–H groups in total. The second-order valence-electron chi connectivity index (χ2n) is 6.13. The molecule has 2 aromatic rings. The number of anilines is 1. The van der Waals surface area contributed by atoms with Gasteiger partial charge in [0.25, 0.3) is 0 Å². The van der Waals surface area contributed by atoms with Gasteiger partial charge >= 0.3 is 6.03 Å². The second kappa shape index (κ2) is 6.73. The van der Waals surface area contributed by atoms with Gasteiger partial charge in [0, 0.05) is 23.7 Å². The first kappa shape index (κ1) is 16.6. The lowest BCUT2D eigenvalue weighted by molar-refractivity contribution is 0.257. The highest BCUT2D eigenvalue weighted by Gasteiger charge is 2.22. The third-order valence-corrected chi connectivity index (χ3v) is 4.73. The first-order chi connectivity index (χ1) is 11.5. The van der Waals surface area contributed by atoms with Gasteiger partial charge in [0.05, 0.1) is 5.69 Å². The topological polar surface area (TPSA) is 71.1 Å². The molecule has 0 bridgehead atoms. The zero-order chi connectivity index (χ0) is 17.3. The predicted octanol–water partition coefficient (Wildman–Crippen LogP) is 3.27. The summed E-state index contributed by atoms with van der Waals surface area (Å²) in [6, 6.07) is 5.75. The minimum absolute atomic E-state index is 0.442. The van der Waals surface area contributed by atoms with E-state index in [4.69, 9.17) is 0 Å². The number of hydrogen-bond donors (Lipinski definition) is 2. The molecule has 2 amide bonds. The van der Waals surface area contributed by atoms with Gasteiger partial charge in [-0.3, -0.25) is 9.71 Å². The van der Waals surface area contributed by atoms with Crippen LogP contribution in [0.5, 0.6) is 0 Å². The number of carbonyl (C=O) groups excluding carboxylic acids is 1. The predicted molar refractivity (Wildman–Crippen MR) is 97.4 cm³/mol. The van der Waals surface area contributed by atoms with Crippen molar-refractivity contribution in [3.63, 3.8) is 0 Å². The first-order valence-electron chi connectivity index (χ1n) is 7.95. The Morgan fingerprint density at radius 3 is 2.75 bits per heavy atom. The minimum Gasteiger partial charge on any atom is -0.306 e.